The van der Waals surface area contributed by atoms with Crippen LogP contribution >= 0.6 is 11.3 Å². The second-order valence-electron chi connectivity index (χ2n) is 6.66. The summed E-state index contributed by atoms with van der Waals surface area (Å²) in [6.45, 7) is 7.74. The number of rotatable bonds is 6. The van der Waals surface area contributed by atoms with Gasteiger partial charge in [0.15, 0.2) is 0 Å². The van der Waals surface area contributed by atoms with E-state index >= 15 is 0 Å². The molecule has 0 unspecified atom stereocenters. The van der Waals surface area contributed by atoms with Crippen molar-refractivity contribution in [1.29, 1.82) is 0 Å². The molecule has 1 saturated heterocycles. The molecule has 0 saturated carbocycles. The second kappa shape index (κ2) is 8.60. The first-order valence-electron chi connectivity index (χ1n) is 9.23. The van der Waals surface area contributed by atoms with Crippen LogP contribution in [-0.4, -0.2) is 53.5 Å². The molecule has 0 aromatic carbocycles. The molecule has 0 bridgehead atoms. The van der Waals surface area contributed by atoms with E-state index in [1.54, 1.807) is 17.5 Å². The summed E-state index contributed by atoms with van der Waals surface area (Å²) in [6.07, 6.45) is 3.72. The lowest BCUT2D eigenvalue weighted by Gasteiger charge is -2.39. The number of amides is 1. The van der Waals surface area contributed by atoms with E-state index < -0.39 is 0 Å². The van der Waals surface area contributed by atoms with Gasteiger partial charge in [-0.1, -0.05) is 13.8 Å². The molecule has 0 aliphatic carbocycles. The van der Waals surface area contributed by atoms with E-state index in [0.717, 1.165) is 49.0 Å². The number of hydrogen-bond donors (Lipinski definition) is 1. The summed E-state index contributed by atoms with van der Waals surface area (Å²) in [5.41, 5.74) is 1.66. The third kappa shape index (κ3) is 4.40. The summed E-state index contributed by atoms with van der Waals surface area (Å²) in [7, 11) is 2.18. The topological polar surface area (TPSA) is 61.4 Å². The quantitative estimate of drug-likeness (QED) is 0.843. The summed E-state index contributed by atoms with van der Waals surface area (Å²) >= 11 is 1.58. The maximum atomic E-state index is 12.3. The van der Waals surface area contributed by atoms with Gasteiger partial charge in [0.05, 0.1) is 17.8 Å². The fourth-order valence-electron chi connectivity index (χ4n) is 3.15. The van der Waals surface area contributed by atoms with Gasteiger partial charge in [-0.05, 0) is 32.0 Å². The smallest absolute Gasteiger partial charge is 0.253 e. The molecule has 1 aliphatic heterocycles. The largest absolute Gasteiger partial charge is 0.354 e. The molecule has 7 heteroatoms. The van der Waals surface area contributed by atoms with E-state index in [-0.39, 0.29) is 5.91 Å². The van der Waals surface area contributed by atoms with Crippen LogP contribution in [0, 0.1) is 0 Å². The van der Waals surface area contributed by atoms with Crippen LogP contribution < -0.4 is 10.2 Å². The van der Waals surface area contributed by atoms with Gasteiger partial charge in [0.2, 0.25) is 0 Å². The lowest BCUT2D eigenvalue weighted by Crippen LogP contribution is -2.51. The minimum absolute atomic E-state index is 0.109. The predicted molar refractivity (Wildman–Crippen MR) is 106 cm³/mol. The first-order chi connectivity index (χ1) is 12.6. The van der Waals surface area contributed by atoms with Crippen molar-refractivity contribution in [3.05, 3.63) is 40.0 Å². The number of pyridine rings is 1. The molecular weight excluding hydrogens is 346 g/mol. The standard InChI is InChI=1S/C19H27N5OS/c1-4-15-13-26-18(22-15)11-21-19(25)14-6-7-17(20-10-14)24-9-8-23(3)16(5-2)12-24/h6-7,10,13,16H,4-5,8-9,11-12H2,1-3H3,(H,21,25)/t16-/m0/s1. The van der Waals surface area contributed by atoms with Crippen molar-refractivity contribution in [1.82, 2.24) is 20.2 Å². The molecule has 1 N–H and O–H groups in total. The Morgan fingerprint density at radius 3 is 2.85 bits per heavy atom. The Morgan fingerprint density at radius 1 is 1.35 bits per heavy atom. The average molecular weight is 374 g/mol. The Hall–Kier alpha value is -1.99. The van der Waals surface area contributed by atoms with Gasteiger partial charge in [-0.15, -0.1) is 11.3 Å². The van der Waals surface area contributed by atoms with Gasteiger partial charge < -0.3 is 10.2 Å². The Labute approximate surface area is 159 Å². The van der Waals surface area contributed by atoms with Gasteiger partial charge in [-0.3, -0.25) is 9.69 Å². The normalized spacial score (nSPS) is 18.1. The molecule has 1 fully saturated rings. The molecule has 6 nitrogen and oxygen atoms in total. The SMILES string of the molecule is CCc1csc(CNC(=O)c2ccc(N3CCN(C)[C@@H](CC)C3)nc2)n1. The minimum Gasteiger partial charge on any atom is -0.354 e. The molecule has 1 amide bonds. The third-order valence-electron chi connectivity index (χ3n) is 4.94. The van der Waals surface area contributed by atoms with Gasteiger partial charge in [0, 0.05) is 37.3 Å². The van der Waals surface area contributed by atoms with Crippen LogP contribution in [0.15, 0.2) is 23.7 Å². The van der Waals surface area contributed by atoms with Crippen molar-refractivity contribution in [2.75, 3.05) is 31.6 Å². The van der Waals surface area contributed by atoms with E-state index in [1.165, 1.54) is 0 Å². The van der Waals surface area contributed by atoms with Crippen molar-refractivity contribution in [2.24, 2.45) is 0 Å². The summed E-state index contributed by atoms with van der Waals surface area (Å²) in [6, 6.07) is 4.36. The number of carbonyl (C=O) groups is 1. The minimum atomic E-state index is -0.109. The number of piperazine rings is 1. The molecule has 2 aromatic rings. The van der Waals surface area contributed by atoms with Crippen molar-refractivity contribution >= 4 is 23.1 Å². The Bertz CT molecular complexity index is 730. The summed E-state index contributed by atoms with van der Waals surface area (Å²) in [5.74, 6) is 0.836. The van der Waals surface area contributed by atoms with Crippen molar-refractivity contribution in [3.8, 4) is 0 Å². The highest BCUT2D eigenvalue weighted by atomic mass is 32.1. The lowest BCUT2D eigenvalue weighted by atomic mass is 10.1. The number of nitrogens with one attached hydrogen (secondary N) is 1. The number of likely N-dealkylation sites (N-methyl/N-ethyl adjacent to an activating group) is 1. The zero-order valence-corrected chi connectivity index (χ0v) is 16.6. The molecule has 1 atom stereocenters. The first-order valence-corrected chi connectivity index (χ1v) is 10.1. The fraction of sp³-hybridized carbons (Fsp3) is 0.526. The Balaban J connectivity index is 1.57. The zero-order chi connectivity index (χ0) is 18.5. The van der Waals surface area contributed by atoms with E-state index in [2.05, 4.69) is 46.0 Å². The van der Waals surface area contributed by atoms with Gasteiger partial charge in [0.1, 0.15) is 10.8 Å². The van der Waals surface area contributed by atoms with Crippen LogP contribution in [-0.2, 0) is 13.0 Å². The van der Waals surface area contributed by atoms with Crippen LogP contribution in [0.5, 0.6) is 0 Å². The van der Waals surface area contributed by atoms with Crippen LogP contribution in [0.4, 0.5) is 5.82 Å². The molecular formula is C19H27N5OS. The van der Waals surface area contributed by atoms with Crippen molar-refractivity contribution in [3.63, 3.8) is 0 Å². The predicted octanol–water partition coefficient (Wildman–Crippen LogP) is 2.56. The Morgan fingerprint density at radius 2 is 2.19 bits per heavy atom. The highest BCUT2D eigenvalue weighted by Gasteiger charge is 2.23. The summed E-state index contributed by atoms with van der Waals surface area (Å²) in [4.78, 5) is 26.0. The molecule has 26 heavy (non-hydrogen) atoms. The van der Waals surface area contributed by atoms with Gasteiger partial charge in [-0.25, -0.2) is 9.97 Å². The lowest BCUT2D eigenvalue weighted by molar-refractivity contribution is 0.0950. The molecule has 1 aliphatic rings. The number of aromatic nitrogens is 2. The maximum Gasteiger partial charge on any atom is 0.253 e. The second-order valence-corrected chi connectivity index (χ2v) is 7.61. The number of thiazole rings is 1. The molecule has 0 spiro atoms. The highest BCUT2D eigenvalue weighted by Crippen LogP contribution is 2.18. The number of nitrogens with zero attached hydrogens (tertiary/aromatic N) is 4. The van der Waals surface area contributed by atoms with Crippen LogP contribution in [0.3, 0.4) is 0 Å². The van der Waals surface area contributed by atoms with Crippen molar-refractivity contribution < 1.29 is 4.79 Å². The summed E-state index contributed by atoms with van der Waals surface area (Å²) < 4.78 is 0. The fourth-order valence-corrected chi connectivity index (χ4v) is 3.97. The average Bonchev–Trinajstić information content (AvgIpc) is 3.15. The van der Waals surface area contributed by atoms with E-state index in [1.807, 2.05) is 17.5 Å². The van der Waals surface area contributed by atoms with Gasteiger partial charge >= 0.3 is 0 Å². The Kier molecular flexibility index (Phi) is 6.21. The van der Waals surface area contributed by atoms with Crippen LogP contribution in [0.25, 0.3) is 0 Å². The third-order valence-corrected chi connectivity index (χ3v) is 5.84. The molecule has 0 radical (unpaired) electrons. The molecule has 3 rings (SSSR count). The number of carbonyl (C=O) groups excluding carboxylic acids is 1. The number of aryl methyl sites for hydroxylation is 1. The highest BCUT2D eigenvalue weighted by molar-refractivity contribution is 7.09. The monoisotopic (exact) mass is 373 g/mol. The molecule has 3 heterocycles. The molecule has 2 aromatic heterocycles. The number of hydrogen-bond acceptors (Lipinski definition) is 6. The van der Waals surface area contributed by atoms with Crippen LogP contribution in [0.1, 0.15) is 41.3 Å². The van der Waals surface area contributed by atoms with Crippen LogP contribution in [0.2, 0.25) is 0 Å². The van der Waals surface area contributed by atoms with E-state index in [9.17, 15) is 4.79 Å². The van der Waals surface area contributed by atoms with Crippen molar-refractivity contribution in [2.45, 2.75) is 39.3 Å². The maximum absolute atomic E-state index is 12.3. The molecule has 140 valence electrons. The first kappa shape index (κ1) is 18.8. The zero-order valence-electron chi connectivity index (χ0n) is 15.7. The van der Waals surface area contributed by atoms with Gasteiger partial charge in [0.25, 0.3) is 5.91 Å². The number of anilines is 1. The van der Waals surface area contributed by atoms with E-state index in [0.29, 0.717) is 18.2 Å². The summed E-state index contributed by atoms with van der Waals surface area (Å²) in [5, 5.41) is 5.89. The van der Waals surface area contributed by atoms with Gasteiger partial charge in [-0.2, -0.15) is 0 Å². The van der Waals surface area contributed by atoms with E-state index in [4.69, 9.17) is 0 Å².